The number of thiazole rings is 1. The van der Waals surface area contributed by atoms with Crippen LogP contribution in [-0.4, -0.2) is 30.5 Å². The second-order valence-corrected chi connectivity index (χ2v) is 13.3. The van der Waals surface area contributed by atoms with Gasteiger partial charge in [0.15, 0.2) is 0 Å². The molecule has 0 fully saturated rings. The van der Waals surface area contributed by atoms with Gasteiger partial charge in [0.2, 0.25) is 19.9 Å². The van der Waals surface area contributed by atoms with Gasteiger partial charge < -0.3 is 9.47 Å². The van der Waals surface area contributed by atoms with E-state index in [1.807, 2.05) is 30.3 Å². The first kappa shape index (κ1) is 27.3. The van der Waals surface area contributed by atoms with E-state index in [1.165, 1.54) is 34.2 Å². The maximum Gasteiger partial charge on any atom is 0.343 e. The summed E-state index contributed by atoms with van der Waals surface area (Å²) in [5, 5.41) is 1.78. The van der Waals surface area contributed by atoms with E-state index in [-0.39, 0.29) is 40.3 Å². The van der Waals surface area contributed by atoms with Crippen LogP contribution in [0, 0.1) is 0 Å². The quantitative estimate of drug-likeness (QED) is 0.183. The normalized spacial score (nSPS) is 11.5. The standard InChI is InChI=1S/C27H21BrN2O6S3/c1-2-35-26(32)22-23(36-16-17-6-4-3-5-7-17)25(31)30(21-12-13-37-24(21)22)15-19-14-29-27(38-19)39(33,34)20-10-8-18(28)9-11-20/h3-14H,2,15-16H2,1H3. The minimum absolute atomic E-state index is 0.0460. The second kappa shape index (κ2) is 11.4. The van der Waals surface area contributed by atoms with Crippen LogP contribution in [0.25, 0.3) is 10.2 Å². The number of hydrogen-bond acceptors (Lipinski definition) is 9. The molecule has 5 rings (SSSR count). The Balaban J connectivity index is 1.56. The van der Waals surface area contributed by atoms with Crippen LogP contribution < -0.4 is 10.3 Å². The topological polar surface area (TPSA) is 105 Å². The molecule has 0 bridgehead atoms. The molecule has 12 heteroatoms. The van der Waals surface area contributed by atoms with Crippen molar-refractivity contribution in [3.05, 3.63) is 103 Å². The van der Waals surface area contributed by atoms with Crippen molar-refractivity contribution in [2.45, 2.75) is 29.3 Å². The first-order valence-electron chi connectivity index (χ1n) is 11.7. The molecule has 200 valence electrons. The number of carbonyl (C=O) groups excluding carboxylic acids is 1. The van der Waals surface area contributed by atoms with Gasteiger partial charge in [0.1, 0.15) is 12.2 Å². The molecule has 2 aromatic carbocycles. The minimum atomic E-state index is -3.83. The van der Waals surface area contributed by atoms with Crippen molar-refractivity contribution in [2.75, 3.05) is 6.61 Å². The number of halogens is 1. The molecule has 0 saturated heterocycles. The predicted octanol–water partition coefficient (Wildman–Crippen LogP) is 5.92. The molecule has 39 heavy (non-hydrogen) atoms. The van der Waals surface area contributed by atoms with Crippen molar-refractivity contribution in [1.82, 2.24) is 9.55 Å². The van der Waals surface area contributed by atoms with E-state index in [4.69, 9.17) is 9.47 Å². The SMILES string of the molecule is CCOC(=O)c1c(OCc2ccccc2)c(=O)n(Cc2cnc(S(=O)(=O)c3ccc(Br)cc3)s2)c2ccsc12. The summed E-state index contributed by atoms with van der Waals surface area (Å²) in [5.74, 6) is -0.752. The van der Waals surface area contributed by atoms with Crippen molar-refractivity contribution < 1.29 is 22.7 Å². The van der Waals surface area contributed by atoms with Gasteiger partial charge >= 0.3 is 5.97 Å². The maximum absolute atomic E-state index is 13.8. The number of carbonyl (C=O) groups is 1. The van der Waals surface area contributed by atoms with E-state index in [2.05, 4.69) is 20.9 Å². The summed E-state index contributed by atoms with van der Waals surface area (Å²) in [6.07, 6.45) is 1.45. The molecule has 0 saturated carbocycles. The van der Waals surface area contributed by atoms with Crippen molar-refractivity contribution in [3.63, 3.8) is 0 Å². The van der Waals surface area contributed by atoms with Gasteiger partial charge in [0.05, 0.1) is 28.3 Å². The number of benzene rings is 2. The summed E-state index contributed by atoms with van der Waals surface area (Å²) in [5.41, 5.74) is 0.910. The van der Waals surface area contributed by atoms with Crippen molar-refractivity contribution >= 4 is 64.6 Å². The molecule has 0 N–H and O–H groups in total. The number of sulfone groups is 1. The molecule has 5 aromatic rings. The summed E-state index contributed by atoms with van der Waals surface area (Å²) in [7, 11) is -3.83. The Morgan fingerprint density at radius 3 is 2.54 bits per heavy atom. The van der Waals surface area contributed by atoms with Gasteiger partial charge in [-0.2, -0.15) is 0 Å². The molecule has 0 unspecified atom stereocenters. The fourth-order valence-corrected chi connectivity index (χ4v) is 7.67. The summed E-state index contributed by atoms with van der Waals surface area (Å²) in [6.45, 7) is 1.96. The highest BCUT2D eigenvalue weighted by atomic mass is 79.9. The molecule has 0 aliphatic carbocycles. The van der Waals surface area contributed by atoms with E-state index in [0.717, 1.165) is 21.4 Å². The third kappa shape index (κ3) is 5.55. The van der Waals surface area contributed by atoms with Crippen LogP contribution in [0.15, 0.2) is 90.7 Å². The maximum atomic E-state index is 13.8. The van der Waals surface area contributed by atoms with E-state index < -0.39 is 21.4 Å². The number of fused-ring (bicyclic) bond motifs is 1. The number of ether oxygens (including phenoxy) is 2. The Bertz CT molecular complexity index is 1810. The largest absolute Gasteiger partial charge is 0.482 e. The third-order valence-corrected chi connectivity index (χ3v) is 10.3. The molecule has 3 heterocycles. The smallest absolute Gasteiger partial charge is 0.343 e. The molecule has 3 aromatic heterocycles. The first-order valence-corrected chi connectivity index (χ1v) is 15.7. The number of esters is 1. The van der Waals surface area contributed by atoms with Crippen molar-refractivity contribution in [3.8, 4) is 5.75 Å². The number of rotatable bonds is 9. The van der Waals surface area contributed by atoms with Gasteiger partial charge in [-0.3, -0.25) is 9.36 Å². The zero-order valence-corrected chi connectivity index (χ0v) is 24.5. The van der Waals surface area contributed by atoms with E-state index in [0.29, 0.717) is 15.1 Å². The lowest BCUT2D eigenvalue weighted by Crippen LogP contribution is -2.26. The summed E-state index contributed by atoms with van der Waals surface area (Å²) >= 11 is 5.59. The molecule has 0 spiro atoms. The lowest BCUT2D eigenvalue weighted by Gasteiger charge is -2.15. The lowest BCUT2D eigenvalue weighted by atomic mass is 10.2. The van der Waals surface area contributed by atoms with Crippen molar-refractivity contribution in [2.24, 2.45) is 0 Å². The molecular formula is C27H21BrN2O6S3. The summed E-state index contributed by atoms with van der Waals surface area (Å²) in [6, 6.07) is 17.4. The molecule has 0 radical (unpaired) electrons. The fraction of sp³-hybridized carbons (Fsp3) is 0.148. The third-order valence-electron chi connectivity index (χ3n) is 5.73. The van der Waals surface area contributed by atoms with Gasteiger partial charge in [0.25, 0.3) is 5.56 Å². The fourth-order valence-electron chi connectivity index (χ4n) is 3.91. The average Bonchev–Trinajstić information content (AvgIpc) is 3.60. The van der Waals surface area contributed by atoms with E-state index >= 15 is 0 Å². The number of aromatic nitrogens is 2. The van der Waals surface area contributed by atoms with Crippen LogP contribution in [0.3, 0.4) is 0 Å². The van der Waals surface area contributed by atoms with Gasteiger partial charge in [-0.05, 0) is 48.2 Å². The molecular weight excluding hydrogens is 624 g/mol. The molecule has 0 amide bonds. The number of pyridine rings is 1. The molecule has 0 aliphatic rings. The highest BCUT2D eigenvalue weighted by Crippen LogP contribution is 2.32. The first-order chi connectivity index (χ1) is 18.8. The average molecular weight is 646 g/mol. The van der Waals surface area contributed by atoms with E-state index in [1.54, 1.807) is 30.5 Å². The zero-order valence-electron chi connectivity index (χ0n) is 20.5. The Morgan fingerprint density at radius 1 is 1.08 bits per heavy atom. The number of thiophene rings is 1. The predicted molar refractivity (Wildman–Crippen MR) is 154 cm³/mol. The Labute approximate surface area is 240 Å². The Morgan fingerprint density at radius 2 is 1.82 bits per heavy atom. The van der Waals surface area contributed by atoms with Crippen LogP contribution in [0.2, 0.25) is 0 Å². The number of hydrogen-bond donors (Lipinski definition) is 0. The van der Waals surface area contributed by atoms with Crippen LogP contribution in [0.1, 0.15) is 27.7 Å². The van der Waals surface area contributed by atoms with Crippen LogP contribution in [0.5, 0.6) is 5.75 Å². The highest BCUT2D eigenvalue weighted by molar-refractivity contribution is 9.10. The summed E-state index contributed by atoms with van der Waals surface area (Å²) < 4.78 is 40.1. The van der Waals surface area contributed by atoms with E-state index in [9.17, 15) is 18.0 Å². The molecule has 8 nitrogen and oxygen atoms in total. The zero-order chi connectivity index (χ0) is 27.6. The number of nitrogens with zero attached hydrogens (tertiary/aromatic N) is 2. The highest BCUT2D eigenvalue weighted by Gasteiger charge is 2.27. The van der Waals surface area contributed by atoms with Gasteiger partial charge in [-0.1, -0.05) is 46.3 Å². The van der Waals surface area contributed by atoms with Crippen LogP contribution >= 0.6 is 38.6 Å². The molecule has 0 atom stereocenters. The Hall–Kier alpha value is -3.32. The van der Waals surface area contributed by atoms with Gasteiger partial charge in [-0.25, -0.2) is 18.2 Å². The van der Waals surface area contributed by atoms with Crippen LogP contribution in [0.4, 0.5) is 0 Å². The Kier molecular flexibility index (Phi) is 7.98. The monoisotopic (exact) mass is 644 g/mol. The van der Waals surface area contributed by atoms with Gasteiger partial charge in [-0.15, -0.1) is 22.7 Å². The summed E-state index contributed by atoms with van der Waals surface area (Å²) in [4.78, 5) is 31.6. The lowest BCUT2D eigenvalue weighted by molar-refractivity contribution is 0.0523. The van der Waals surface area contributed by atoms with Crippen LogP contribution in [-0.2, 0) is 27.7 Å². The minimum Gasteiger partial charge on any atom is -0.482 e. The van der Waals surface area contributed by atoms with Gasteiger partial charge in [0, 0.05) is 15.5 Å². The molecule has 0 aliphatic heterocycles. The second-order valence-electron chi connectivity index (χ2n) is 8.27. The van der Waals surface area contributed by atoms with Crippen molar-refractivity contribution in [1.29, 1.82) is 0 Å².